The van der Waals surface area contributed by atoms with Gasteiger partial charge in [-0.15, -0.1) is 0 Å². The second-order valence-electron chi connectivity index (χ2n) is 5.74. The molecule has 1 aliphatic rings. The average molecular weight is 261 g/mol. The number of nitrogens with one attached hydrogen (secondary N) is 1. The van der Waals surface area contributed by atoms with Gasteiger partial charge in [0.15, 0.2) is 0 Å². The van der Waals surface area contributed by atoms with Crippen molar-refractivity contribution in [3.05, 3.63) is 29.8 Å². The van der Waals surface area contributed by atoms with Crippen molar-refractivity contribution in [2.75, 3.05) is 45.6 Å². The Kier molecular flexibility index (Phi) is 5.23. The third kappa shape index (κ3) is 3.95. The van der Waals surface area contributed by atoms with Gasteiger partial charge in [-0.05, 0) is 45.1 Å². The van der Waals surface area contributed by atoms with Crippen LogP contribution in [0.15, 0.2) is 24.3 Å². The van der Waals surface area contributed by atoms with Gasteiger partial charge < -0.3 is 10.2 Å². The predicted octanol–water partition coefficient (Wildman–Crippen LogP) is 2.30. The minimum atomic E-state index is 0.634. The zero-order valence-electron chi connectivity index (χ0n) is 12.5. The summed E-state index contributed by atoms with van der Waals surface area (Å²) in [7, 11) is 4.30. The van der Waals surface area contributed by atoms with Crippen LogP contribution >= 0.6 is 0 Å². The maximum Gasteiger partial charge on any atom is 0.0373 e. The van der Waals surface area contributed by atoms with Crippen LogP contribution in [0, 0.1) is 0 Å². The SMILES string of the molecule is CCCN(CCN(C)C)C1CNc2ccccc2C1. The molecule has 0 aliphatic carbocycles. The Bertz CT molecular complexity index is 389. The molecule has 1 unspecified atom stereocenters. The minimum absolute atomic E-state index is 0.634. The molecule has 0 saturated heterocycles. The van der Waals surface area contributed by atoms with E-state index in [1.165, 1.54) is 30.6 Å². The number of para-hydroxylation sites is 1. The van der Waals surface area contributed by atoms with E-state index >= 15 is 0 Å². The van der Waals surface area contributed by atoms with Gasteiger partial charge in [0.05, 0.1) is 0 Å². The molecule has 0 fully saturated rings. The van der Waals surface area contributed by atoms with Crippen LogP contribution in [-0.4, -0.2) is 56.1 Å². The number of hydrogen-bond acceptors (Lipinski definition) is 3. The molecule has 1 aromatic carbocycles. The Labute approximate surface area is 117 Å². The summed E-state index contributed by atoms with van der Waals surface area (Å²) in [6, 6.07) is 9.34. The molecule has 0 amide bonds. The Hall–Kier alpha value is -1.06. The summed E-state index contributed by atoms with van der Waals surface area (Å²) in [6.07, 6.45) is 2.40. The summed E-state index contributed by atoms with van der Waals surface area (Å²) in [5.41, 5.74) is 2.78. The molecule has 106 valence electrons. The van der Waals surface area contributed by atoms with Crippen LogP contribution in [0.1, 0.15) is 18.9 Å². The number of anilines is 1. The fourth-order valence-electron chi connectivity index (χ4n) is 2.78. The molecule has 1 atom stereocenters. The highest BCUT2D eigenvalue weighted by Gasteiger charge is 2.23. The number of hydrogen-bond donors (Lipinski definition) is 1. The first-order valence-corrected chi connectivity index (χ1v) is 7.41. The Morgan fingerprint density at radius 1 is 1.16 bits per heavy atom. The van der Waals surface area contributed by atoms with Gasteiger partial charge in [0, 0.05) is 31.4 Å². The molecule has 0 bridgehead atoms. The third-order valence-corrected chi connectivity index (χ3v) is 3.86. The van der Waals surface area contributed by atoms with E-state index in [4.69, 9.17) is 0 Å². The van der Waals surface area contributed by atoms with Crippen LogP contribution in [0.3, 0.4) is 0 Å². The van der Waals surface area contributed by atoms with Crippen LogP contribution in [0.4, 0.5) is 5.69 Å². The van der Waals surface area contributed by atoms with Gasteiger partial charge in [0.2, 0.25) is 0 Å². The van der Waals surface area contributed by atoms with Gasteiger partial charge in [-0.25, -0.2) is 0 Å². The first-order valence-electron chi connectivity index (χ1n) is 7.41. The van der Waals surface area contributed by atoms with Gasteiger partial charge in [-0.1, -0.05) is 25.1 Å². The van der Waals surface area contributed by atoms with Crippen LogP contribution < -0.4 is 5.32 Å². The molecular formula is C16H27N3. The Balaban J connectivity index is 1.99. The largest absolute Gasteiger partial charge is 0.383 e. The van der Waals surface area contributed by atoms with Crippen molar-refractivity contribution >= 4 is 5.69 Å². The van der Waals surface area contributed by atoms with Gasteiger partial charge in [-0.3, -0.25) is 4.90 Å². The molecule has 19 heavy (non-hydrogen) atoms. The molecule has 3 heteroatoms. The predicted molar refractivity (Wildman–Crippen MR) is 82.8 cm³/mol. The summed E-state index contributed by atoms with van der Waals surface area (Å²) >= 11 is 0. The van der Waals surface area contributed by atoms with Crippen molar-refractivity contribution in [3.63, 3.8) is 0 Å². The highest BCUT2D eigenvalue weighted by Crippen LogP contribution is 2.23. The summed E-state index contributed by atoms with van der Waals surface area (Å²) in [4.78, 5) is 4.91. The molecule has 0 aromatic heterocycles. The maximum absolute atomic E-state index is 3.58. The number of benzene rings is 1. The number of rotatable bonds is 6. The first-order chi connectivity index (χ1) is 9.20. The monoisotopic (exact) mass is 261 g/mol. The normalized spacial score (nSPS) is 18.5. The molecule has 1 N–H and O–H groups in total. The smallest absolute Gasteiger partial charge is 0.0373 e. The van der Waals surface area contributed by atoms with Crippen LogP contribution in [-0.2, 0) is 6.42 Å². The van der Waals surface area contributed by atoms with Gasteiger partial charge in [-0.2, -0.15) is 0 Å². The number of fused-ring (bicyclic) bond motifs is 1. The molecule has 0 saturated carbocycles. The lowest BCUT2D eigenvalue weighted by atomic mass is 9.98. The second kappa shape index (κ2) is 6.92. The molecule has 0 spiro atoms. The summed E-state index contributed by atoms with van der Waals surface area (Å²) in [6.45, 7) is 6.84. The third-order valence-electron chi connectivity index (χ3n) is 3.86. The lowest BCUT2D eigenvalue weighted by molar-refractivity contribution is 0.181. The van der Waals surface area contributed by atoms with Crippen molar-refractivity contribution in [2.45, 2.75) is 25.8 Å². The van der Waals surface area contributed by atoms with E-state index in [2.05, 4.69) is 60.4 Å². The van der Waals surface area contributed by atoms with E-state index in [1.54, 1.807) is 0 Å². The van der Waals surface area contributed by atoms with Crippen LogP contribution in [0.25, 0.3) is 0 Å². The molecule has 2 rings (SSSR count). The lowest BCUT2D eigenvalue weighted by Crippen LogP contribution is -2.46. The highest BCUT2D eigenvalue weighted by molar-refractivity contribution is 5.53. The standard InChI is InChI=1S/C16H27N3/c1-4-9-19(11-10-18(2)3)15-12-14-7-5-6-8-16(14)17-13-15/h5-8,15,17H,4,9-13H2,1-3H3. The van der Waals surface area contributed by atoms with E-state index in [0.717, 1.165) is 19.6 Å². The second-order valence-corrected chi connectivity index (χ2v) is 5.74. The molecule has 3 nitrogen and oxygen atoms in total. The van der Waals surface area contributed by atoms with Gasteiger partial charge in [0.25, 0.3) is 0 Å². The number of nitrogens with zero attached hydrogens (tertiary/aromatic N) is 2. The van der Waals surface area contributed by atoms with Crippen molar-refractivity contribution in [1.29, 1.82) is 0 Å². The van der Waals surface area contributed by atoms with Gasteiger partial charge >= 0.3 is 0 Å². The molecule has 1 aromatic rings. The van der Waals surface area contributed by atoms with E-state index in [0.29, 0.717) is 6.04 Å². The summed E-state index contributed by atoms with van der Waals surface area (Å²) < 4.78 is 0. The van der Waals surface area contributed by atoms with Crippen molar-refractivity contribution < 1.29 is 0 Å². The summed E-state index contributed by atoms with van der Waals surface area (Å²) in [5.74, 6) is 0. The maximum atomic E-state index is 3.58. The quantitative estimate of drug-likeness (QED) is 0.847. The van der Waals surface area contributed by atoms with Crippen LogP contribution in [0.2, 0.25) is 0 Å². The highest BCUT2D eigenvalue weighted by atomic mass is 15.2. The Morgan fingerprint density at radius 2 is 1.95 bits per heavy atom. The first kappa shape index (κ1) is 14.4. The average Bonchev–Trinajstić information content (AvgIpc) is 2.42. The lowest BCUT2D eigenvalue weighted by Gasteiger charge is -2.36. The van der Waals surface area contributed by atoms with E-state index in [-0.39, 0.29) is 0 Å². The topological polar surface area (TPSA) is 18.5 Å². The fraction of sp³-hybridized carbons (Fsp3) is 0.625. The minimum Gasteiger partial charge on any atom is -0.383 e. The van der Waals surface area contributed by atoms with Crippen molar-refractivity contribution in [3.8, 4) is 0 Å². The fourth-order valence-corrected chi connectivity index (χ4v) is 2.78. The van der Waals surface area contributed by atoms with Crippen molar-refractivity contribution in [2.24, 2.45) is 0 Å². The molecule has 1 aliphatic heterocycles. The summed E-state index contributed by atoms with van der Waals surface area (Å²) in [5, 5.41) is 3.58. The van der Waals surface area contributed by atoms with E-state index in [1.807, 2.05) is 0 Å². The Morgan fingerprint density at radius 3 is 2.68 bits per heavy atom. The molecule has 0 radical (unpaired) electrons. The zero-order valence-corrected chi connectivity index (χ0v) is 12.5. The van der Waals surface area contributed by atoms with Gasteiger partial charge in [0.1, 0.15) is 0 Å². The molecule has 1 heterocycles. The number of likely N-dealkylation sites (N-methyl/N-ethyl adjacent to an activating group) is 1. The van der Waals surface area contributed by atoms with E-state index < -0.39 is 0 Å². The van der Waals surface area contributed by atoms with E-state index in [9.17, 15) is 0 Å². The van der Waals surface area contributed by atoms with Crippen LogP contribution in [0.5, 0.6) is 0 Å². The van der Waals surface area contributed by atoms with Crippen molar-refractivity contribution in [1.82, 2.24) is 9.80 Å². The molecular weight excluding hydrogens is 234 g/mol. The zero-order chi connectivity index (χ0) is 13.7.